The molecule has 0 aliphatic carbocycles. The number of hydrogen-bond donors (Lipinski definition) is 2. The number of aromatic nitrogens is 5. The van der Waals surface area contributed by atoms with Gasteiger partial charge in [0.15, 0.2) is 6.73 Å². The van der Waals surface area contributed by atoms with Gasteiger partial charge in [0.2, 0.25) is 5.91 Å². The number of nitrogens with zero attached hydrogens (tertiary/aromatic N) is 4. The quantitative estimate of drug-likeness (QED) is 0.633. The van der Waals surface area contributed by atoms with Crippen LogP contribution in [-0.4, -0.2) is 42.9 Å². The topological polar surface area (TPSA) is 115 Å². The van der Waals surface area contributed by atoms with Gasteiger partial charge in [0.05, 0.1) is 11.8 Å². The molecule has 1 unspecified atom stereocenters. The minimum absolute atomic E-state index is 0.0849. The molecule has 124 valence electrons. The summed E-state index contributed by atoms with van der Waals surface area (Å²) in [5.74, 6) is -0.873. The maximum Gasteiger partial charge on any atom is 0.330 e. The minimum atomic E-state index is -0.808. The fraction of sp³-hybridized carbons (Fsp3) is 0.267. The first-order chi connectivity index (χ1) is 11.6. The van der Waals surface area contributed by atoms with E-state index in [0.29, 0.717) is 5.52 Å². The molecule has 0 saturated carbocycles. The fourth-order valence-corrected chi connectivity index (χ4v) is 2.29. The summed E-state index contributed by atoms with van der Waals surface area (Å²) in [6.07, 6.45) is 3.36. The molecular formula is C15H16N6O3. The molecule has 1 atom stereocenters. The number of aromatic amines is 1. The van der Waals surface area contributed by atoms with E-state index in [9.17, 15) is 9.59 Å². The Kier molecular flexibility index (Phi) is 4.50. The molecule has 0 spiro atoms. The number of amides is 1. The van der Waals surface area contributed by atoms with Crippen LogP contribution in [0.5, 0.6) is 0 Å². The Labute approximate surface area is 137 Å². The number of H-pyrrole nitrogens is 1. The van der Waals surface area contributed by atoms with Gasteiger partial charge >= 0.3 is 5.97 Å². The van der Waals surface area contributed by atoms with Gasteiger partial charge in [0, 0.05) is 25.2 Å². The van der Waals surface area contributed by atoms with Crippen molar-refractivity contribution in [2.75, 3.05) is 0 Å². The van der Waals surface area contributed by atoms with Crippen LogP contribution in [0.3, 0.4) is 0 Å². The molecule has 24 heavy (non-hydrogen) atoms. The predicted octanol–water partition coefficient (Wildman–Crippen LogP) is 0.402. The number of fused-ring (bicyclic) bond motifs is 1. The fourth-order valence-electron chi connectivity index (χ4n) is 2.29. The normalized spacial score (nSPS) is 12.0. The van der Waals surface area contributed by atoms with Gasteiger partial charge in [-0.15, -0.1) is 5.10 Å². The van der Waals surface area contributed by atoms with Crippen molar-refractivity contribution >= 4 is 22.9 Å². The lowest BCUT2D eigenvalue weighted by molar-refractivity contribution is -0.151. The van der Waals surface area contributed by atoms with E-state index < -0.39 is 12.0 Å². The highest BCUT2D eigenvalue weighted by Gasteiger charge is 2.22. The van der Waals surface area contributed by atoms with Gasteiger partial charge < -0.3 is 15.0 Å². The average Bonchev–Trinajstić information content (AvgIpc) is 3.21. The molecule has 0 radical (unpaired) electrons. The first-order valence-electron chi connectivity index (χ1n) is 7.32. The number of carbonyl (C=O) groups excluding carboxylic acids is 2. The maximum absolute atomic E-state index is 12.3. The molecule has 9 heteroatoms. The minimum Gasteiger partial charge on any atom is -0.441 e. The molecule has 1 aromatic carbocycles. The van der Waals surface area contributed by atoms with Crippen LogP contribution >= 0.6 is 0 Å². The Morgan fingerprint density at radius 3 is 2.96 bits per heavy atom. The van der Waals surface area contributed by atoms with Crippen LogP contribution in [0.25, 0.3) is 11.0 Å². The Bertz CT molecular complexity index is 842. The number of ether oxygens (including phenoxy) is 1. The lowest BCUT2D eigenvalue weighted by Crippen LogP contribution is -2.42. The van der Waals surface area contributed by atoms with Gasteiger partial charge in [-0.2, -0.15) is 0 Å². The summed E-state index contributed by atoms with van der Waals surface area (Å²) in [6.45, 7) is 1.26. The van der Waals surface area contributed by atoms with Crippen molar-refractivity contribution in [1.29, 1.82) is 0 Å². The standard InChI is InChI=1S/C15H16N6O3/c1-10(22)18-13(6-11-7-16-8-17-11)15(23)24-9-21-14-5-3-2-4-12(14)19-20-21/h2-5,7-8,13H,6,9H2,1H3,(H,16,17)(H,18,22). The third-order valence-electron chi connectivity index (χ3n) is 3.39. The third kappa shape index (κ3) is 3.57. The van der Waals surface area contributed by atoms with Crippen molar-refractivity contribution in [3.05, 3.63) is 42.5 Å². The van der Waals surface area contributed by atoms with E-state index in [0.717, 1.165) is 11.2 Å². The van der Waals surface area contributed by atoms with E-state index in [1.807, 2.05) is 24.3 Å². The second kappa shape index (κ2) is 6.90. The van der Waals surface area contributed by atoms with E-state index in [2.05, 4.69) is 25.6 Å². The van der Waals surface area contributed by atoms with Crippen molar-refractivity contribution < 1.29 is 14.3 Å². The summed E-state index contributed by atoms with van der Waals surface area (Å²) < 4.78 is 6.76. The van der Waals surface area contributed by atoms with Crippen molar-refractivity contribution in [3.8, 4) is 0 Å². The van der Waals surface area contributed by atoms with Crippen molar-refractivity contribution in [3.63, 3.8) is 0 Å². The summed E-state index contributed by atoms with van der Waals surface area (Å²) in [5, 5.41) is 10.5. The molecule has 2 N–H and O–H groups in total. The molecule has 0 aliphatic heterocycles. The van der Waals surface area contributed by atoms with E-state index in [-0.39, 0.29) is 19.1 Å². The summed E-state index contributed by atoms with van der Waals surface area (Å²) in [7, 11) is 0. The summed E-state index contributed by atoms with van der Waals surface area (Å²) >= 11 is 0. The first kappa shape index (κ1) is 15.7. The highest BCUT2D eigenvalue weighted by Crippen LogP contribution is 2.10. The summed E-state index contributed by atoms with van der Waals surface area (Å²) in [5.41, 5.74) is 2.19. The van der Waals surface area contributed by atoms with Crippen LogP contribution in [0.1, 0.15) is 12.6 Å². The van der Waals surface area contributed by atoms with Crippen LogP contribution < -0.4 is 5.32 Å². The van der Waals surface area contributed by atoms with Crippen LogP contribution in [0, 0.1) is 0 Å². The highest BCUT2D eigenvalue weighted by molar-refractivity contribution is 5.83. The molecule has 2 aromatic heterocycles. The largest absolute Gasteiger partial charge is 0.441 e. The predicted molar refractivity (Wildman–Crippen MR) is 83.5 cm³/mol. The van der Waals surface area contributed by atoms with Crippen molar-refractivity contribution in [2.24, 2.45) is 0 Å². The van der Waals surface area contributed by atoms with Gasteiger partial charge in [0.1, 0.15) is 11.6 Å². The lowest BCUT2D eigenvalue weighted by atomic mass is 10.1. The number of esters is 1. The Hall–Kier alpha value is -3.23. The zero-order valence-electron chi connectivity index (χ0n) is 13.0. The summed E-state index contributed by atoms with van der Waals surface area (Å²) in [4.78, 5) is 30.4. The first-order valence-corrected chi connectivity index (χ1v) is 7.32. The van der Waals surface area contributed by atoms with Gasteiger partial charge in [-0.1, -0.05) is 17.3 Å². The number of nitrogens with one attached hydrogen (secondary N) is 2. The maximum atomic E-state index is 12.3. The second-order valence-corrected chi connectivity index (χ2v) is 5.20. The lowest BCUT2D eigenvalue weighted by Gasteiger charge is -2.16. The SMILES string of the molecule is CC(=O)NC(Cc1cnc[nH]1)C(=O)OCn1nnc2ccccc21. The van der Waals surface area contributed by atoms with Crippen molar-refractivity contribution in [2.45, 2.75) is 26.1 Å². The molecule has 3 aromatic rings. The third-order valence-corrected chi connectivity index (χ3v) is 3.39. The number of benzene rings is 1. The molecule has 1 amide bonds. The molecule has 0 aliphatic rings. The molecule has 2 heterocycles. The Morgan fingerprint density at radius 1 is 1.38 bits per heavy atom. The Morgan fingerprint density at radius 2 is 2.21 bits per heavy atom. The zero-order valence-corrected chi connectivity index (χ0v) is 13.0. The molecule has 0 fully saturated rings. The van der Waals surface area contributed by atoms with Crippen LogP contribution in [0.2, 0.25) is 0 Å². The zero-order chi connectivity index (χ0) is 16.9. The number of carbonyl (C=O) groups is 2. The molecule has 0 bridgehead atoms. The molecule has 0 saturated heterocycles. The summed E-state index contributed by atoms with van der Waals surface area (Å²) in [6, 6.07) is 6.54. The monoisotopic (exact) mass is 328 g/mol. The molecule has 9 nitrogen and oxygen atoms in total. The van der Waals surface area contributed by atoms with Crippen LogP contribution in [0.15, 0.2) is 36.8 Å². The van der Waals surface area contributed by atoms with E-state index >= 15 is 0 Å². The highest BCUT2D eigenvalue weighted by atomic mass is 16.5. The van der Waals surface area contributed by atoms with Crippen LogP contribution in [0.4, 0.5) is 0 Å². The number of hydrogen-bond acceptors (Lipinski definition) is 6. The van der Waals surface area contributed by atoms with Crippen molar-refractivity contribution in [1.82, 2.24) is 30.3 Å². The van der Waals surface area contributed by atoms with Crippen LogP contribution in [-0.2, 0) is 27.5 Å². The number of para-hydroxylation sites is 1. The van der Waals surface area contributed by atoms with E-state index in [1.54, 1.807) is 6.20 Å². The molecular weight excluding hydrogens is 312 g/mol. The van der Waals surface area contributed by atoms with Gasteiger partial charge in [-0.3, -0.25) is 4.79 Å². The van der Waals surface area contributed by atoms with Gasteiger partial charge in [-0.05, 0) is 12.1 Å². The smallest absolute Gasteiger partial charge is 0.330 e. The average molecular weight is 328 g/mol. The number of imidazole rings is 1. The number of rotatable bonds is 6. The van der Waals surface area contributed by atoms with E-state index in [1.165, 1.54) is 17.9 Å². The van der Waals surface area contributed by atoms with Gasteiger partial charge in [-0.25, -0.2) is 14.5 Å². The van der Waals surface area contributed by atoms with Gasteiger partial charge in [0.25, 0.3) is 0 Å². The van der Waals surface area contributed by atoms with E-state index in [4.69, 9.17) is 4.74 Å². The second-order valence-electron chi connectivity index (χ2n) is 5.20. The molecule has 3 rings (SSSR count). The Balaban J connectivity index is 1.67.